The van der Waals surface area contributed by atoms with Crippen LogP contribution in [-0.4, -0.2) is 36.4 Å². The first-order valence-corrected chi connectivity index (χ1v) is 20.2. The Morgan fingerprint density at radius 1 is 0.500 bits per heavy atom. The van der Waals surface area contributed by atoms with Crippen molar-refractivity contribution < 1.29 is 24.2 Å². The fraction of sp³-hybridized carbons (Fsp3) is 0.767. The molecule has 1 unspecified atom stereocenters. The molecule has 0 saturated carbocycles. The highest BCUT2D eigenvalue weighted by Crippen LogP contribution is 2.15. The van der Waals surface area contributed by atoms with Crippen LogP contribution in [0.25, 0.3) is 0 Å². The van der Waals surface area contributed by atoms with Crippen molar-refractivity contribution in [1.29, 1.82) is 0 Å². The normalized spacial score (nSPS) is 12.6. The van der Waals surface area contributed by atoms with E-state index in [1.165, 1.54) is 103 Å². The summed E-state index contributed by atoms with van der Waals surface area (Å²) in [7, 11) is 0. The summed E-state index contributed by atoms with van der Waals surface area (Å²) < 4.78 is 10.6. The molecule has 48 heavy (non-hydrogen) atoms. The van der Waals surface area contributed by atoms with Gasteiger partial charge in [-0.2, -0.15) is 0 Å². The van der Waals surface area contributed by atoms with Gasteiger partial charge in [-0.15, -0.1) is 0 Å². The minimum Gasteiger partial charge on any atom is -0.462 e. The van der Waals surface area contributed by atoms with E-state index in [4.69, 9.17) is 9.47 Å². The van der Waals surface area contributed by atoms with E-state index in [-0.39, 0.29) is 25.2 Å². The Bertz CT molecular complexity index is 812. The summed E-state index contributed by atoms with van der Waals surface area (Å²) in [6.07, 6.45) is 48.9. The number of rotatable bonds is 36. The summed E-state index contributed by atoms with van der Waals surface area (Å²) in [6.45, 7) is 3.99. The third kappa shape index (κ3) is 36.7. The van der Waals surface area contributed by atoms with Crippen molar-refractivity contribution in [3.63, 3.8) is 0 Å². The highest BCUT2D eigenvalue weighted by Gasteiger charge is 2.16. The van der Waals surface area contributed by atoms with E-state index >= 15 is 0 Å². The molecule has 0 bridgehead atoms. The smallest absolute Gasteiger partial charge is 0.306 e. The molecular formula is C43H76O5. The second-order valence-electron chi connectivity index (χ2n) is 13.3. The van der Waals surface area contributed by atoms with Crippen LogP contribution in [0.2, 0.25) is 0 Å². The van der Waals surface area contributed by atoms with Crippen LogP contribution in [0.15, 0.2) is 48.6 Å². The Hall–Kier alpha value is -2.14. The number of allylic oxidation sites excluding steroid dienone is 8. The summed E-state index contributed by atoms with van der Waals surface area (Å²) in [6, 6.07) is 0. The Morgan fingerprint density at radius 2 is 0.896 bits per heavy atom. The van der Waals surface area contributed by atoms with Crippen LogP contribution in [0.4, 0.5) is 0 Å². The average Bonchev–Trinajstić information content (AvgIpc) is 3.09. The number of ether oxygens (including phenoxy) is 2. The van der Waals surface area contributed by atoms with Gasteiger partial charge in [-0.05, 0) is 51.4 Å². The molecule has 0 aromatic heterocycles. The Kier molecular flexibility index (Phi) is 37.5. The van der Waals surface area contributed by atoms with Crippen LogP contribution in [0.5, 0.6) is 0 Å². The fourth-order valence-corrected chi connectivity index (χ4v) is 5.60. The van der Waals surface area contributed by atoms with Crippen molar-refractivity contribution in [2.45, 2.75) is 200 Å². The first kappa shape index (κ1) is 45.9. The first-order valence-electron chi connectivity index (χ1n) is 20.2. The maximum absolute atomic E-state index is 12.2. The van der Waals surface area contributed by atoms with Gasteiger partial charge in [0.15, 0.2) is 6.10 Å². The second kappa shape index (κ2) is 39.3. The van der Waals surface area contributed by atoms with Gasteiger partial charge < -0.3 is 14.6 Å². The highest BCUT2D eigenvalue weighted by molar-refractivity contribution is 5.70. The van der Waals surface area contributed by atoms with Crippen molar-refractivity contribution in [3.05, 3.63) is 48.6 Å². The van der Waals surface area contributed by atoms with Crippen LogP contribution in [0.3, 0.4) is 0 Å². The monoisotopic (exact) mass is 673 g/mol. The molecule has 0 fully saturated rings. The molecule has 0 rings (SSSR count). The SMILES string of the molecule is CCC=CCC=CCC=CCC=CCCCCC(=O)OCC(CO)OC(=O)CCCCCCCCCCCCCCCCCCCCC. The number of aliphatic hydroxyl groups excluding tert-OH is 1. The van der Waals surface area contributed by atoms with Crippen molar-refractivity contribution in [2.24, 2.45) is 0 Å². The predicted molar refractivity (Wildman–Crippen MR) is 205 cm³/mol. The Balaban J connectivity index is 3.58. The Labute approximate surface area is 297 Å². The molecule has 1 N–H and O–H groups in total. The fourth-order valence-electron chi connectivity index (χ4n) is 5.60. The number of esters is 2. The second-order valence-corrected chi connectivity index (χ2v) is 13.3. The lowest BCUT2D eigenvalue weighted by molar-refractivity contribution is -0.161. The first-order chi connectivity index (χ1) is 23.6. The van der Waals surface area contributed by atoms with Crippen LogP contribution >= 0.6 is 0 Å². The van der Waals surface area contributed by atoms with Crippen LogP contribution in [0, 0.1) is 0 Å². The number of unbranched alkanes of at least 4 members (excludes halogenated alkanes) is 20. The maximum Gasteiger partial charge on any atom is 0.306 e. The average molecular weight is 673 g/mol. The summed E-state index contributed by atoms with van der Waals surface area (Å²) in [5.41, 5.74) is 0. The molecule has 1 atom stereocenters. The Morgan fingerprint density at radius 3 is 1.35 bits per heavy atom. The lowest BCUT2D eigenvalue weighted by Crippen LogP contribution is -2.28. The minimum absolute atomic E-state index is 0.0862. The van der Waals surface area contributed by atoms with E-state index in [1.54, 1.807) is 0 Å². The molecule has 5 nitrogen and oxygen atoms in total. The number of carbonyl (C=O) groups is 2. The lowest BCUT2D eigenvalue weighted by Gasteiger charge is -2.15. The molecule has 0 radical (unpaired) electrons. The molecule has 5 heteroatoms. The topological polar surface area (TPSA) is 72.8 Å². The quantitative estimate of drug-likeness (QED) is 0.0407. The van der Waals surface area contributed by atoms with Crippen LogP contribution in [0.1, 0.15) is 194 Å². The van der Waals surface area contributed by atoms with Crippen molar-refractivity contribution >= 4 is 11.9 Å². The van der Waals surface area contributed by atoms with Gasteiger partial charge in [0.2, 0.25) is 0 Å². The molecule has 0 aliphatic carbocycles. The van der Waals surface area contributed by atoms with Gasteiger partial charge in [0.25, 0.3) is 0 Å². The summed E-state index contributed by atoms with van der Waals surface area (Å²) in [5.74, 6) is -0.636. The maximum atomic E-state index is 12.2. The van der Waals surface area contributed by atoms with Gasteiger partial charge in [-0.1, -0.05) is 178 Å². The van der Waals surface area contributed by atoms with E-state index in [2.05, 4.69) is 62.5 Å². The number of aliphatic hydroxyl groups is 1. The van der Waals surface area contributed by atoms with Crippen molar-refractivity contribution in [1.82, 2.24) is 0 Å². The van der Waals surface area contributed by atoms with E-state index in [1.807, 2.05) is 0 Å². The molecule has 0 aromatic carbocycles. The summed E-state index contributed by atoms with van der Waals surface area (Å²) in [4.78, 5) is 24.2. The molecular weight excluding hydrogens is 596 g/mol. The van der Waals surface area contributed by atoms with E-state index in [0.717, 1.165) is 64.2 Å². The van der Waals surface area contributed by atoms with Gasteiger partial charge in [-0.3, -0.25) is 9.59 Å². The zero-order valence-corrected chi connectivity index (χ0v) is 31.5. The third-order valence-corrected chi connectivity index (χ3v) is 8.64. The number of carbonyl (C=O) groups excluding carboxylic acids is 2. The van der Waals surface area contributed by atoms with Crippen molar-refractivity contribution in [2.75, 3.05) is 13.2 Å². The minimum atomic E-state index is -0.786. The van der Waals surface area contributed by atoms with E-state index in [0.29, 0.717) is 12.8 Å². The van der Waals surface area contributed by atoms with Gasteiger partial charge in [0.05, 0.1) is 6.61 Å². The largest absolute Gasteiger partial charge is 0.462 e. The van der Waals surface area contributed by atoms with Gasteiger partial charge in [0.1, 0.15) is 6.61 Å². The molecule has 0 aliphatic heterocycles. The molecule has 0 aromatic rings. The zero-order valence-electron chi connectivity index (χ0n) is 31.5. The molecule has 0 heterocycles. The van der Waals surface area contributed by atoms with Gasteiger partial charge in [0, 0.05) is 12.8 Å². The molecule has 278 valence electrons. The van der Waals surface area contributed by atoms with E-state index < -0.39 is 6.10 Å². The van der Waals surface area contributed by atoms with Crippen LogP contribution in [-0.2, 0) is 19.1 Å². The van der Waals surface area contributed by atoms with Crippen LogP contribution < -0.4 is 0 Å². The third-order valence-electron chi connectivity index (χ3n) is 8.64. The number of hydrogen-bond donors (Lipinski definition) is 1. The standard InChI is InChI=1S/C43H76O5/c1-3-5-7-9-11-13-15-17-19-20-21-22-24-26-28-30-32-34-36-38-43(46)48-41(39-44)40-47-42(45)37-35-33-31-29-27-25-23-18-16-14-12-10-8-6-4-2/h6,8,12,14,18,23,27,29,41,44H,3-5,7,9-11,13,15-17,19-22,24-26,28,30-40H2,1-2H3. The predicted octanol–water partition coefficient (Wildman–Crippen LogP) is 12.6. The summed E-state index contributed by atoms with van der Waals surface area (Å²) >= 11 is 0. The van der Waals surface area contributed by atoms with Gasteiger partial charge >= 0.3 is 11.9 Å². The molecule has 0 spiro atoms. The molecule has 0 saturated heterocycles. The number of hydrogen-bond acceptors (Lipinski definition) is 5. The highest BCUT2D eigenvalue weighted by atomic mass is 16.6. The zero-order chi connectivity index (χ0) is 35.0. The lowest BCUT2D eigenvalue weighted by atomic mass is 10.0. The summed E-state index contributed by atoms with van der Waals surface area (Å²) in [5, 5.41) is 9.55. The van der Waals surface area contributed by atoms with Gasteiger partial charge in [-0.25, -0.2) is 0 Å². The molecule has 0 amide bonds. The van der Waals surface area contributed by atoms with Crippen molar-refractivity contribution in [3.8, 4) is 0 Å². The van der Waals surface area contributed by atoms with E-state index in [9.17, 15) is 14.7 Å². The molecule has 0 aliphatic rings.